The van der Waals surface area contributed by atoms with E-state index < -0.39 is 23.7 Å². The van der Waals surface area contributed by atoms with Crippen LogP contribution in [0.4, 0.5) is 17.6 Å². The Morgan fingerprint density at radius 1 is 1.19 bits per heavy atom. The summed E-state index contributed by atoms with van der Waals surface area (Å²) in [5, 5.41) is 6.50. The molecule has 2 aromatic carbocycles. The molecule has 1 amide bonds. The quantitative estimate of drug-likeness (QED) is 0.805. The van der Waals surface area contributed by atoms with E-state index in [1.807, 2.05) is 0 Å². The number of nitrogens with one attached hydrogen (secondary N) is 1. The number of rotatable bonds is 5. The molecule has 1 aliphatic rings. The highest BCUT2D eigenvalue weighted by atomic mass is 19.4. The molecule has 1 heterocycles. The van der Waals surface area contributed by atoms with Gasteiger partial charge in [0.15, 0.2) is 0 Å². The largest absolute Gasteiger partial charge is 0.416 e. The van der Waals surface area contributed by atoms with Gasteiger partial charge < -0.3 is 10.2 Å². The van der Waals surface area contributed by atoms with Crippen LogP contribution in [-0.2, 0) is 22.2 Å². The number of benzene rings is 2. The van der Waals surface area contributed by atoms with Gasteiger partial charge in [0.2, 0.25) is 6.10 Å². The SMILES string of the molecule is O=C(NCCc1ccc(C(F)(F)F)cc1)C1CC(c2cccc(F)c2)=NO1. The van der Waals surface area contributed by atoms with Crippen LogP contribution in [-0.4, -0.2) is 24.3 Å². The lowest BCUT2D eigenvalue weighted by Crippen LogP contribution is -2.36. The van der Waals surface area contributed by atoms with Crippen LogP contribution in [0.1, 0.15) is 23.1 Å². The fourth-order valence-electron chi connectivity index (χ4n) is 2.66. The van der Waals surface area contributed by atoms with Crippen LogP contribution in [0.5, 0.6) is 0 Å². The second-order valence-electron chi connectivity index (χ2n) is 6.08. The third-order valence-corrected chi connectivity index (χ3v) is 4.11. The number of hydrogen-bond donors (Lipinski definition) is 1. The molecule has 142 valence electrons. The van der Waals surface area contributed by atoms with Crippen molar-refractivity contribution in [1.29, 1.82) is 0 Å². The number of nitrogens with zero attached hydrogens (tertiary/aromatic N) is 1. The molecular weight excluding hydrogens is 364 g/mol. The molecule has 4 nitrogen and oxygen atoms in total. The van der Waals surface area contributed by atoms with Gasteiger partial charge in [-0.25, -0.2) is 4.39 Å². The summed E-state index contributed by atoms with van der Waals surface area (Å²) in [4.78, 5) is 17.2. The van der Waals surface area contributed by atoms with Crippen molar-refractivity contribution in [3.63, 3.8) is 0 Å². The topological polar surface area (TPSA) is 50.7 Å². The fraction of sp³-hybridized carbons (Fsp3) is 0.263. The maximum absolute atomic E-state index is 13.3. The molecule has 1 atom stereocenters. The van der Waals surface area contributed by atoms with Crippen molar-refractivity contribution in [3.8, 4) is 0 Å². The maximum atomic E-state index is 13.3. The van der Waals surface area contributed by atoms with Crippen LogP contribution in [0.2, 0.25) is 0 Å². The van der Waals surface area contributed by atoms with Crippen molar-refractivity contribution in [2.24, 2.45) is 5.16 Å². The Morgan fingerprint density at radius 3 is 2.59 bits per heavy atom. The highest BCUT2D eigenvalue weighted by molar-refractivity contribution is 6.04. The highest BCUT2D eigenvalue weighted by Gasteiger charge is 2.30. The van der Waals surface area contributed by atoms with E-state index in [0.29, 0.717) is 23.3 Å². The van der Waals surface area contributed by atoms with Gasteiger partial charge in [-0.15, -0.1) is 0 Å². The standard InChI is InChI=1S/C19H16F4N2O2/c20-15-3-1-2-13(10-15)16-11-17(27-25-16)18(26)24-9-8-12-4-6-14(7-5-12)19(21,22)23/h1-7,10,17H,8-9,11H2,(H,24,26). The highest BCUT2D eigenvalue weighted by Crippen LogP contribution is 2.29. The first kappa shape index (κ1) is 18.9. The van der Waals surface area contributed by atoms with Gasteiger partial charge in [-0.05, 0) is 36.2 Å². The molecule has 0 spiro atoms. The fourth-order valence-corrected chi connectivity index (χ4v) is 2.66. The van der Waals surface area contributed by atoms with Gasteiger partial charge in [0.1, 0.15) is 5.82 Å². The van der Waals surface area contributed by atoms with Crippen LogP contribution >= 0.6 is 0 Å². The summed E-state index contributed by atoms with van der Waals surface area (Å²) in [7, 11) is 0. The van der Waals surface area contributed by atoms with E-state index in [2.05, 4.69) is 10.5 Å². The van der Waals surface area contributed by atoms with Crippen molar-refractivity contribution < 1.29 is 27.2 Å². The number of oxime groups is 1. The Labute approximate surface area is 152 Å². The number of halogens is 4. The summed E-state index contributed by atoms with van der Waals surface area (Å²) < 4.78 is 50.8. The number of carbonyl (C=O) groups is 1. The Morgan fingerprint density at radius 2 is 1.93 bits per heavy atom. The molecular formula is C19H16F4N2O2. The van der Waals surface area contributed by atoms with Crippen LogP contribution in [0.15, 0.2) is 53.7 Å². The molecule has 0 aromatic heterocycles. The maximum Gasteiger partial charge on any atom is 0.416 e. The summed E-state index contributed by atoms with van der Waals surface area (Å²) in [5.74, 6) is -0.781. The van der Waals surface area contributed by atoms with Crippen molar-refractivity contribution in [3.05, 3.63) is 71.0 Å². The van der Waals surface area contributed by atoms with Crippen LogP contribution < -0.4 is 5.32 Å². The molecule has 3 rings (SSSR count). The second-order valence-corrected chi connectivity index (χ2v) is 6.08. The van der Waals surface area contributed by atoms with Crippen LogP contribution in [0.25, 0.3) is 0 Å². The summed E-state index contributed by atoms with van der Waals surface area (Å²) in [6, 6.07) is 10.6. The van der Waals surface area contributed by atoms with Gasteiger partial charge in [-0.2, -0.15) is 13.2 Å². The third-order valence-electron chi connectivity index (χ3n) is 4.11. The number of alkyl halides is 3. The Bertz CT molecular complexity index is 848. The first-order valence-electron chi connectivity index (χ1n) is 8.25. The minimum Gasteiger partial charge on any atom is -0.382 e. The minimum absolute atomic E-state index is 0.218. The second kappa shape index (κ2) is 7.77. The summed E-state index contributed by atoms with van der Waals surface area (Å²) in [6.07, 6.45) is -4.58. The summed E-state index contributed by atoms with van der Waals surface area (Å²) in [6.45, 7) is 0.249. The van der Waals surface area contributed by atoms with E-state index in [4.69, 9.17) is 4.84 Å². The van der Waals surface area contributed by atoms with Crippen molar-refractivity contribution in [2.75, 3.05) is 6.54 Å². The summed E-state index contributed by atoms with van der Waals surface area (Å²) >= 11 is 0. The third kappa shape index (κ3) is 4.84. The minimum atomic E-state index is -4.37. The van der Waals surface area contributed by atoms with E-state index >= 15 is 0 Å². The van der Waals surface area contributed by atoms with Gasteiger partial charge in [0.25, 0.3) is 5.91 Å². The van der Waals surface area contributed by atoms with Crippen LogP contribution in [0, 0.1) is 5.82 Å². The van der Waals surface area contributed by atoms with Gasteiger partial charge in [-0.3, -0.25) is 4.79 Å². The number of hydrogen-bond acceptors (Lipinski definition) is 3. The molecule has 1 aliphatic heterocycles. The van der Waals surface area contributed by atoms with Crippen molar-refractivity contribution in [2.45, 2.75) is 25.1 Å². The zero-order valence-electron chi connectivity index (χ0n) is 14.1. The van der Waals surface area contributed by atoms with Crippen molar-refractivity contribution in [1.82, 2.24) is 5.32 Å². The van der Waals surface area contributed by atoms with E-state index in [9.17, 15) is 22.4 Å². The lowest BCUT2D eigenvalue weighted by Gasteiger charge is -2.10. The van der Waals surface area contributed by atoms with E-state index in [-0.39, 0.29) is 18.9 Å². The Kier molecular flexibility index (Phi) is 5.43. The average molecular weight is 380 g/mol. The molecule has 1 N–H and O–H groups in total. The molecule has 2 aromatic rings. The zero-order valence-corrected chi connectivity index (χ0v) is 14.1. The van der Waals surface area contributed by atoms with E-state index in [0.717, 1.165) is 12.1 Å². The predicted octanol–water partition coefficient (Wildman–Crippen LogP) is 3.70. The predicted molar refractivity (Wildman–Crippen MR) is 90.6 cm³/mol. The zero-order chi connectivity index (χ0) is 19.4. The molecule has 8 heteroatoms. The normalized spacial score (nSPS) is 16.6. The molecule has 0 aliphatic carbocycles. The summed E-state index contributed by atoms with van der Waals surface area (Å²) in [5.41, 5.74) is 0.997. The molecule has 0 radical (unpaired) electrons. The smallest absolute Gasteiger partial charge is 0.382 e. The molecule has 1 unspecified atom stereocenters. The Balaban J connectivity index is 1.47. The van der Waals surface area contributed by atoms with E-state index in [1.165, 1.54) is 24.3 Å². The van der Waals surface area contributed by atoms with Crippen LogP contribution in [0.3, 0.4) is 0 Å². The lowest BCUT2D eigenvalue weighted by molar-refractivity contribution is -0.137. The van der Waals surface area contributed by atoms with Gasteiger partial charge in [0.05, 0.1) is 11.3 Å². The van der Waals surface area contributed by atoms with Gasteiger partial charge in [-0.1, -0.05) is 29.4 Å². The first-order chi connectivity index (χ1) is 12.8. The Hall–Kier alpha value is -2.90. The van der Waals surface area contributed by atoms with Crippen molar-refractivity contribution >= 4 is 11.6 Å². The monoisotopic (exact) mass is 380 g/mol. The van der Waals surface area contributed by atoms with Gasteiger partial charge >= 0.3 is 6.18 Å². The molecule has 0 saturated carbocycles. The van der Waals surface area contributed by atoms with E-state index in [1.54, 1.807) is 12.1 Å². The molecule has 0 bridgehead atoms. The average Bonchev–Trinajstić information content (AvgIpc) is 3.12. The number of amides is 1. The molecule has 27 heavy (non-hydrogen) atoms. The molecule has 0 fully saturated rings. The number of carbonyl (C=O) groups excluding carboxylic acids is 1. The first-order valence-corrected chi connectivity index (χ1v) is 8.25. The van der Waals surface area contributed by atoms with Gasteiger partial charge in [0, 0.05) is 18.5 Å². The molecule has 0 saturated heterocycles. The lowest BCUT2D eigenvalue weighted by atomic mass is 10.0.